The lowest BCUT2D eigenvalue weighted by atomic mass is 9.96. The monoisotopic (exact) mass is 491 g/mol. The third-order valence-electron chi connectivity index (χ3n) is 7.62. The highest BCUT2D eigenvalue weighted by atomic mass is 16.5. The van der Waals surface area contributed by atoms with Gasteiger partial charge in [-0.05, 0) is 43.4 Å². The Morgan fingerprint density at radius 1 is 0.865 bits per heavy atom. The largest absolute Gasteiger partial charge is 0.481 e. The second-order valence-corrected chi connectivity index (χ2v) is 10.0. The molecule has 8 nitrogen and oxygen atoms in total. The van der Waals surface area contributed by atoms with Gasteiger partial charge >= 0.3 is 0 Å². The summed E-state index contributed by atoms with van der Waals surface area (Å²) in [6, 6.07) is 16.7. The van der Waals surface area contributed by atoms with Gasteiger partial charge in [0.05, 0.1) is 23.9 Å². The number of aromatic nitrogens is 6. The van der Waals surface area contributed by atoms with Crippen molar-refractivity contribution in [2.45, 2.75) is 37.5 Å². The number of pyridine rings is 1. The number of anilines is 1. The molecule has 0 unspecified atom stereocenters. The molecule has 8 heteroatoms. The van der Waals surface area contributed by atoms with Gasteiger partial charge in [-0.1, -0.05) is 30.3 Å². The van der Waals surface area contributed by atoms with Gasteiger partial charge in [-0.3, -0.25) is 0 Å². The van der Waals surface area contributed by atoms with Crippen LogP contribution in [-0.4, -0.2) is 50.1 Å². The van der Waals surface area contributed by atoms with E-state index in [0.29, 0.717) is 17.7 Å². The third kappa shape index (κ3) is 4.12. The van der Waals surface area contributed by atoms with Crippen LogP contribution in [0.1, 0.15) is 49.0 Å². The number of hydrogen-bond donors (Lipinski definition) is 2. The minimum atomic E-state index is 0.426. The van der Waals surface area contributed by atoms with Crippen molar-refractivity contribution in [2.75, 3.05) is 25.1 Å². The molecule has 7 rings (SSSR count). The number of hydrogen-bond acceptors (Lipinski definition) is 6. The molecule has 37 heavy (non-hydrogen) atoms. The van der Waals surface area contributed by atoms with E-state index >= 15 is 0 Å². The third-order valence-corrected chi connectivity index (χ3v) is 7.62. The van der Waals surface area contributed by atoms with Crippen LogP contribution in [0.3, 0.4) is 0 Å². The van der Waals surface area contributed by atoms with E-state index in [1.807, 2.05) is 12.1 Å². The molecule has 0 amide bonds. The van der Waals surface area contributed by atoms with E-state index in [2.05, 4.69) is 61.2 Å². The Balaban J connectivity index is 1.13. The molecular formula is C29H29N7O. The first kappa shape index (κ1) is 22.0. The quantitative estimate of drug-likeness (QED) is 0.317. The van der Waals surface area contributed by atoms with E-state index in [1.165, 1.54) is 29.8 Å². The molecule has 0 spiro atoms. The first-order chi connectivity index (χ1) is 18.3. The van der Waals surface area contributed by atoms with Crippen molar-refractivity contribution in [1.29, 1.82) is 0 Å². The van der Waals surface area contributed by atoms with Gasteiger partial charge in [0, 0.05) is 48.4 Å². The fourth-order valence-electron chi connectivity index (χ4n) is 5.46. The number of nitrogens with one attached hydrogen (secondary N) is 2. The van der Waals surface area contributed by atoms with Crippen molar-refractivity contribution < 1.29 is 4.74 Å². The number of H-pyrrole nitrogens is 2. The molecule has 1 saturated carbocycles. The molecule has 0 radical (unpaired) electrons. The van der Waals surface area contributed by atoms with Gasteiger partial charge in [0.2, 0.25) is 5.88 Å². The Morgan fingerprint density at radius 2 is 1.70 bits per heavy atom. The predicted octanol–water partition coefficient (Wildman–Crippen LogP) is 5.68. The summed E-state index contributed by atoms with van der Waals surface area (Å²) in [5.41, 5.74) is 6.53. The first-order valence-corrected chi connectivity index (χ1v) is 13.0. The number of aromatic amines is 2. The van der Waals surface area contributed by atoms with E-state index in [4.69, 9.17) is 14.7 Å². The number of piperidine rings is 1. The van der Waals surface area contributed by atoms with Crippen molar-refractivity contribution in [2.24, 2.45) is 0 Å². The number of benzene rings is 1. The van der Waals surface area contributed by atoms with Crippen LogP contribution in [-0.2, 0) is 0 Å². The number of imidazole rings is 1. The molecule has 2 aliphatic rings. The second-order valence-electron chi connectivity index (χ2n) is 10.0. The van der Waals surface area contributed by atoms with Crippen LogP contribution in [0.5, 0.6) is 5.88 Å². The average molecular weight is 492 g/mol. The predicted molar refractivity (Wildman–Crippen MR) is 144 cm³/mol. The highest BCUT2D eigenvalue weighted by Gasteiger charge is 2.32. The van der Waals surface area contributed by atoms with Crippen LogP contribution in [0.2, 0.25) is 0 Å². The fraction of sp³-hybridized carbons (Fsp3) is 0.310. The van der Waals surface area contributed by atoms with Crippen molar-refractivity contribution in [3.63, 3.8) is 0 Å². The lowest BCUT2D eigenvalue weighted by Crippen LogP contribution is -2.34. The highest BCUT2D eigenvalue weighted by Crippen LogP contribution is 2.44. The first-order valence-electron chi connectivity index (χ1n) is 13.0. The minimum Gasteiger partial charge on any atom is -0.481 e. The van der Waals surface area contributed by atoms with Gasteiger partial charge in [0.1, 0.15) is 23.6 Å². The minimum absolute atomic E-state index is 0.426. The summed E-state index contributed by atoms with van der Waals surface area (Å²) >= 11 is 0. The van der Waals surface area contributed by atoms with E-state index < -0.39 is 0 Å². The summed E-state index contributed by atoms with van der Waals surface area (Å²) in [7, 11) is 1.63. The highest BCUT2D eigenvalue weighted by molar-refractivity contribution is 5.92. The summed E-state index contributed by atoms with van der Waals surface area (Å²) in [6.07, 6.45) is 7.97. The maximum absolute atomic E-state index is 5.30. The van der Waals surface area contributed by atoms with E-state index in [0.717, 1.165) is 59.9 Å². The van der Waals surface area contributed by atoms with E-state index in [1.54, 1.807) is 19.6 Å². The number of methoxy groups -OCH3 is 1. The van der Waals surface area contributed by atoms with Crippen LogP contribution >= 0.6 is 0 Å². The molecule has 0 atom stereocenters. The molecule has 5 heterocycles. The molecule has 2 fully saturated rings. The Kier molecular flexibility index (Phi) is 5.38. The lowest BCUT2D eigenvalue weighted by molar-refractivity contribution is 0.398. The molecular weight excluding hydrogens is 462 g/mol. The van der Waals surface area contributed by atoms with Gasteiger partial charge < -0.3 is 19.6 Å². The van der Waals surface area contributed by atoms with Crippen molar-refractivity contribution in [3.8, 4) is 28.4 Å². The number of ether oxygens (including phenoxy) is 1. The average Bonchev–Trinajstić information content (AvgIpc) is 3.55. The summed E-state index contributed by atoms with van der Waals surface area (Å²) in [5, 5.41) is 1.03. The number of rotatable bonds is 6. The summed E-state index contributed by atoms with van der Waals surface area (Å²) in [5.74, 6) is 3.74. The van der Waals surface area contributed by atoms with Gasteiger partial charge in [-0.15, -0.1) is 0 Å². The standard InChI is InChI=1S/C29H29N7O/c1-37-24-15-21(9-12-30-24)23-16-22-28(33-23)31-17-32-29(22)36-13-10-20(11-14-36)27-34-25(18-5-3-2-4-6-18)26(35-27)19-7-8-19/h2-6,9,12,15-17,19-20H,7-8,10-11,13-14H2,1H3,(H,34,35)(H,31,32,33). The van der Waals surface area contributed by atoms with Gasteiger partial charge in [-0.2, -0.15) is 0 Å². The second kappa shape index (κ2) is 9.03. The fourth-order valence-corrected chi connectivity index (χ4v) is 5.46. The SMILES string of the molecule is COc1cc(-c2cc3c(N4CCC(c5nc(C6CC6)c(-c6ccccc6)[nH]5)CC4)ncnc3[nH]2)ccn1. The van der Waals surface area contributed by atoms with Gasteiger partial charge in [0.25, 0.3) is 0 Å². The van der Waals surface area contributed by atoms with Crippen molar-refractivity contribution in [3.05, 3.63) is 72.6 Å². The molecule has 4 aromatic heterocycles. The zero-order chi connectivity index (χ0) is 24.8. The Morgan fingerprint density at radius 3 is 2.49 bits per heavy atom. The van der Waals surface area contributed by atoms with Crippen LogP contribution in [0.25, 0.3) is 33.5 Å². The summed E-state index contributed by atoms with van der Waals surface area (Å²) in [4.78, 5) is 28.1. The van der Waals surface area contributed by atoms with Crippen LogP contribution < -0.4 is 9.64 Å². The topological polar surface area (TPSA) is 95.6 Å². The van der Waals surface area contributed by atoms with E-state index in [-0.39, 0.29) is 0 Å². The molecule has 186 valence electrons. The summed E-state index contributed by atoms with van der Waals surface area (Å²) in [6.45, 7) is 1.86. The molecule has 5 aromatic rings. The molecule has 1 aliphatic carbocycles. The Labute approximate surface area is 215 Å². The lowest BCUT2D eigenvalue weighted by Gasteiger charge is -2.32. The Hall–Kier alpha value is -4.20. The number of fused-ring (bicyclic) bond motifs is 1. The van der Waals surface area contributed by atoms with Crippen LogP contribution in [0, 0.1) is 0 Å². The normalized spacial score (nSPS) is 16.4. The Bertz CT molecular complexity index is 1550. The number of nitrogens with zero attached hydrogens (tertiary/aromatic N) is 5. The molecule has 1 saturated heterocycles. The molecule has 2 N–H and O–H groups in total. The molecule has 1 aromatic carbocycles. The van der Waals surface area contributed by atoms with Gasteiger partial charge in [0.15, 0.2) is 0 Å². The van der Waals surface area contributed by atoms with Crippen LogP contribution in [0.15, 0.2) is 61.1 Å². The zero-order valence-corrected chi connectivity index (χ0v) is 20.8. The molecule has 1 aliphatic heterocycles. The van der Waals surface area contributed by atoms with Crippen molar-refractivity contribution >= 4 is 16.9 Å². The van der Waals surface area contributed by atoms with Gasteiger partial charge in [-0.25, -0.2) is 19.9 Å². The van der Waals surface area contributed by atoms with Crippen LogP contribution in [0.4, 0.5) is 5.82 Å². The maximum atomic E-state index is 5.30. The summed E-state index contributed by atoms with van der Waals surface area (Å²) < 4.78 is 5.30. The zero-order valence-electron chi connectivity index (χ0n) is 20.8. The van der Waals surface area contributed by atoms with E-state index in [9.17, 15) is 0 Å². The van der Waals surface area contributed by atoms with Crippen molar-refractivity contribution in [1.82, 2.24) is 29.9 Å². The smallest absolute Gasteiger partial charge is 0.213 e. The maximum Gasteiger partial charge on any atom is 0.213 e. The molecule has 0 bridgehead atoms.